The van der Waals surface area contributed by atoms with E-state index in [1.807, 2.05) is 17.0 Å². The summed E-state index contributed by atoms with van der Waals surface area (Å²) >= 11 is 0. The van der Waals surface area contributed by atoms with Crippen LogP contribution in [0.3, 0.4) is 0 Å². The van der Waals surface area contributed by atoms with Crippen LogP contribution >= 0.6 is 0 Å². The number of terminal acetylenes is 1. The van der Waals surface area contributed by atoms with Crippen LogP contribution in [0.25, 0.3) is 0 Å². The summed E-state index contributed by atoms with van der Waals surface area (Å²) in [5.74, 6) is 2.98. The average molecular weight is 326 g/mol. The SMILES string of the molecule is C#CCCC1(CCC(=O)N2CCNC(c3ccc(O)cc3)C2)N=N1. The van der Waals surface area contributed by atoms with Crippen molar-refractivity contribution in [1.29, 1.82) is 0 Å². The molecule has 6 heteroatoms. The minimum absolute atomic E-state index is 0.0917. The van der Waals surface area contributed by atoms with Gasteiger partial charge in [0.25, 0.3) is 0 Å². The monoisotopic (exact) mass is 326 g/mol. The van der Waals surface area contributed by atoms with Crippen LogP contribution in [0.15, 0.2) is 34.5 Å². The van der Waals surface area contributed by atoms with Crippen molar-refractivity contribution in [3.8, 4) is 18.1 Å². The number of phenolic OH excluding ortho intramolecular Hbond substituents is 1. The average Bonchev–Trinajstić information content (AvgIpc) is 3.39. The molecular weight excluding hydrogens is 304 g/mol. The molecule has 3 rings (SSSR count). The van der Waals surface area contributed by atoms with Gasteiger partial charge in [-0.1, -0.05) is 12.1 Å². The van der Waals surface area contributed by atoms with E-state index in [1.165, 1.54) is 0 Å². The zero-order valence-electron chi connectivity index (χ0n) is 13.6. The second-order valence-electron chi connectivity index (χ2n) is 6.32. The van der Waals surface area contributed by atoms with E-state index in [0.29, 0.717) is 32.4 Å². The van der Waals surface area contributed by atoms with E-state index in [2.05, 4.69) is 21.5 Å². The number of nitrogens with zero attached hydrogens (tertiary/aromatic N) is 3. The predicted octanol–water partition coefficient (Wildman–Crippen LogP) is 2.22. The van der Waals surface area contributed by atoms with Crippen molar-refractivity contribution in [2.75, 3.05) is 19.6 Å². The Morgan fingerprint density at radius 3 is 2.79 bits per heavy atom. The van der Waals surface area contributed by atoms with Gasteiger partial charge in [0.15, 0.2) is 5.66 Å². The molecule has 2 aliphatic heterocycles. The van der Waals surface area contributed by atoms with Gasteiger partial charge >= 0.3 is 0 Å². The molecule has 1 atom stereocenters. The van der Waals surface area contributed by atoms with Crippen molar-refractivity contribution in [2.24, 2.45) is 10.2 Å². The van der Waals surface area contributed by atoms with E-state index in [4.69, 9.17) is 6.42 Å². The maximum absolute atomic E-state index is 12.5. The minimum atomic E-state index is -0.396. The van der Waals surface area contributed by atoms with E-state index < -0.39 is 5.66 Å². The fourth-order valence-electron chi connectivity index (χ4n) is 3.04. The van der Waals surface area contributed by atoms with E-state index >= 15 is 0 Å². The third-order valence-electron chi connectivity index (χ3n) is 4.62. The molecule has 1 aromatic carbocycles. The molecule has 24 heavy (non-hydrogen) atoms. The maximum atomic E-state index is 12.5. The molecule has 1 fully saturated rings. The lowest BCUT2D eigenvalue weighted by Gasteiger charge is -2.34. The van der Waals surface area contributed by atoms with Gasteiger partial charge in [0.2, 0.25) is 5.91 Å². The van der Waals surface area contributed by atoms with Gasteiger partial charge in [0.1, 0.15) is 5.75 Å². The molecule has 0 bridgehead atoms. The van der Waals surface area contributed by atoms with Crippen LogP contribution in [0.1, 0.15) is 37.3 Å². The molecule has 0 aliphatic carbocycles. The van der Waals surface area contributed by atoms with Gasteiger partial charge in [-0.05, 0) is 17.7 Å². The molecule has 2 N–H and O–H groups in total. The van der Waals surface area contributed by atoms with Crippen LogP contribution < -0.4 is 5.32 Å². The number of carbonyl (C=O) groups is 1. The summed E-state index contributed by atoms with van der Waals surface area (Å²) < 4.78 is 0. The summed E-state index contributed by atoms with van der Waals surface area (Å²) in [7, 11) is 0. The Morgan fingerprint density at radius 2 is 2.12 bits per heavy atom. The summed E-state index contributed by atoms with van der Waals surface area (Å²) in [5, 5.41) is 21.0. The topological polar surface area (TPSA) is 77.3 Å². The maximum Gasteiger partial charge on any atom is 0.222 e. The fraction of sp³-hybridized carbons (Fsp3) is 0.500. The number of hydrogen-bond acceptors (Lipinski definition) is 5. The molecule has 6 nitrogen and oxygen atoms in total. The van der Waals surface area contributed by atoms with Gasteiger partial charge in [-0.25, -0.2) is 0 Å². The summed E-state index contributed by atoms with van der Waals surface area (Å²) in [6.45, 7) is 2.10. The molecule has 1 unspecified atom stereocenters. The van der Waals surface area contributed by atoms with E-state index in [9.17, 15) is 9.90 Å². The third-order valence-corrected chi connectivity index (χ3v) is 4.62. The Kier molecular flexibility index (Phi) is 4.81. The lowest BCUT2D eigenvalue weighted by atomic mass is 10.0. The molecule has 1 amide bonds. The number of piperazine rings is 1. The highest BCUT2D eigenvalue weighted by Gasteiger charge is 2.39. The number of hydrogen-bond donors (Lipinski definition) is 2. The Hall–Kier alpha value is -2.39. The van der Waals surface area contributed by atoms with Gasteiger partial charge in [0.05, 0.1) is 0 Å². The first kappa shape index (κ1) is 16.5. The zero-order chi connectivity index (χ0) is 17.0. The number of carbonyl (C=O) groups excluding carboxylic acids is 1. The van der Waals surface area contributed by atoms with Gasteiger partial charge < -0.3 is 15.3 Å². The summed E-state index contributed by atoms with van der Waals surface area (Å²) in [6.07, 6.45) is 7.74. The second-order valence-corrected chi connectivity index (χ2v) is 6.32. The van der Waals surface area contributed by atoms with Gasteiger partial charge in [-0.3, -0.25) is 4.79 Å². The molecule has 126 valence electrons. The van der Waals surface area contributed by atoms with Crippen LogP contribution in [0.2, 0.25) is 0 Å². The number of amides is 1. The van der Waals surface area contributed by atoms with Crippen LogP contribution in [0.4, 0.5) is 0 Å². The molecular formula is C18H22N4O2. The Labute approximate surface area is 142 Å². The Morgan fingerprint density at radius 1 is 1.38 bits per heavy atom. The van der Waals surface area contributed by atoms with Crippen molar-refractivity contribution in [2.45, 2.75) is 37.4 Å². The van der Waals surface area contributed by atoms with Crippen LogP contribution in [0, 0.1) is 12.3 Å². The molecule has 1 saturated heterocycles. The summed E-state index contributed by atoms with van der Waals surface area (Å²) in [6, 6.07) is 7.20. The lowest BCUT2D eigenvalue weighted by Crippen LogP contribution is -2.48. The van der Waals surface area contributed by atoms with E-state index in [0.717, 1.165) is 18.5 Å². The predicted molar refractivity (Wildman–Crippen MR) is 90.3 cm³/mol. The van der Waals surface area contributed by atoms with Gasteiger partial charge in [0, 0.05) is 51.4 Å². The van der Waals surface area contributed by atoms with Gasteiger partial charge in [-0.15, -0.1) is 12.3 Å². The Bertz CT molecular complexity index is 657. The molecule has 2 aliphatic rings. The second kappa shape index (κ2) is 7.02. The van der Waals surface area contributed by atoms with Crippen LogP contribution in [-0.2, 0) is 4.79 Å². The van der Waals surface area contributed by atoms with Crippen molar-refractivity contribution in [3.05, 3.63) is 29.8 Å². The standard InChI is InChI=1S/C18H22N4O2/c1-2-3-9-18(20-21-18)10-8-17(24)22-12-11-19-16(13-22)14-4-6-15(23)7-5-14/h1,4-7,16,19,23H,3,8-13H2. The summed E-state index contributed by atoms with van der Waals surface area (Å²) in [5.41, 5.74) is 0.676. The van der Waals surface area contributed by atoms with Crippen molar-refractivity contribution < 1.29 is 9.90 Å². The number of aromatic hydroxyl groups is 1. The van der Waals surface area contributed by atoms with Crippen LogP contribution in [-0.4, -0.2) is 41.2 Å². The molecule has 0 spiro atoms. The van der Waals surface area contributed by atoms with Gasteiger partial charge in [-0.2, -0.15) is 10.2 Å². The molecule has 1 aromatic rings. The normalized spacial score (nSPS) is 21.3. The fourth-order valence-corrected chi connectivity index (χ4v) is 3.04. The van der Waals surface area contributed by atoms with Crippen molar-refractivity contribution in [1.82, 2.24) is 10.2 Å². The number of rotatable bonds is 6. The lowest BCUT2D eigenvalue weighted by molar-refractivity contribution is -0.132. The first-order valence-electron chi connectivity index (χ1n) is 8.29. The smallest absolute Gasteiger partial charge is 0.222 e. The molecule has 0 radical (unpaired) electrons. The summed E-state index contributed by atoms with van der Waals surface area (Å²) in [4.78, 5) is 14.4. The number of phenols is 1. The number of nitrogens with one attached hydrogen (secondary N) is 1. The van der Waals surface area contributed by atoms with E-state index in [-0.39, 0.29) is 17.7 Å². The Balaban J connectivity index is 1.52. The highest BCUT2D eigenvalue weighted by molar-refractivity contribution is 5.76. The molecule has 0 saturated carbocycles. The third kappa shape index (κ3) is 3.92. The largest absolute Gasteiger partial charge is 0.508 e. The first-order valence-corrected chi connectivity index (χ1v) is 8.29. The van der Waals surface area contributed by atoms with Crippen molar-refractivity contribution >= 4 is 5.91 Å². The number of benzene rings is 1. The van der Waals surface area contributed by atoms with Crippen molar-refractivity contribution in [3.63, 3.8) is 0 Å². The quantitative estimate of drug-likeness (QED) is 0.787. The van der Waals surface area contributed by atoms with E-state index in [1.54, 1.807) is 12.1 Å². The first-order chi connectivity index (χ1) is 11.6. The molecule has 0 aromatic heterocycles. The minimum Gasteiger partial charge on any atom is -0.508 e. The molecule has 2 heterocycles. The highest BCUT2D eigenvalue weighted by atomic mass is 16.3. The highest BCUT2D eigenvalue weighted by Crippen LogP contribution is 2.37. The zero-order valence-corrected chi connectivity index (χ0v) is 13.6. The van der Waals surface area contributed by atoms with Crippen LogP contribution in [0.5, 0.6) is 5.75 Å².